The molecule has 4 rings (SSSR count). The van der Waals surface area contributed by atoms with Gasteiger partial charge in [0, 0.05) is 37.3 Å². The Morgan fingerprint density at radius 2 is 2.05 bits per heavy atom. The van der Waals surface area contributed by atoms with Gasteiger partial charge in [0.05, 0.1) is 0 Å². The molecule has 1 aliphatic carbocycles. The van der Waals surface area contributed by atoms with Crippen molar-refractivity contribution in [1.29, 1.82) is 0 Å². The predicted molar refractivity (Wildman–Crippen MR) is 86.9 cm³/mol. The predicted octanol–water partition coefficient (Wildman–Crippen LogP) is 3.20. The van der Waals surface area contributed by atoms with E-state index in [0.29, 0.717) is 0 Å². The van der Waals surface area contributed by atoms with E-state index < -0.39 is 0 Å². The quantitative estimate of drug-likeness (QED) is 0.910. The van der Waals surface area contributed by atoms with Crippen LogP contribution in [0.25, 0.3) is 0 Å². The second-order valence-electron chi connectivity index (χ2n) is 6.32. The molecule has 2 N–H and O–H groups in total. The molecule has 1 aromatic heterocycles. The highest BCUT2D eigenvalue weighted by Gasteiger charge is 2.19. The highest BCUT2D eigenvalue weighted by molar-refractivity contribution is 5.59. The van der Waals surface area contributed by atoms with Gasteiger partial charge in [0.1, 0.15) is 11.5 Å². The smallest absolute Gasteiger partial charge is 0.140 e. The molecule has 1 aliphatic heterocycles. The Bertz CT molecular complexity index is 662. The Balaban J connectivity index is 1.42. The normalized spacial score (nSPS) is 16.7. The largest absolute Gasteiger partial charge is 0.385 e. The lowest BCUT2D eigenvalue weighted by molar-refractivity contribution is 0.366. The van der Waals surface area contributed by atoms with E-state index in [0.717, 1.165) is 43.9 Å². The number of hydrogen-bond acceptors (Lipinski definition) is 4. The molecular formula is C18H23N3O. The van der Waals surface area contributed by atoms with E-state index in [4.69, 9.17) is 4.52 Å². The Morgan fingerprint density at radius 3 is 3.05 bits per heavy atom. The van der Waals surface area contributed by atoms with Crippen LogP contribution in [0.15, 0.2) is 22.7 Å². The van der Waals surface area contributed by atoms with E-state index in [9.17, 15) is 0 Å². The first kappa shape index (κ1) is 13.8. The van der Waals surface area contributed by atoms with E-state index >= 15 is 0 Å². The van der Waals surface area contributed by atoms with Gasteiger partial charge in [-0.2, -0.15) is 0 Å². The molecule has 0 saturated heterocycles. The molecule has 0 fully saturated rings. The summed E-state index contributed by atoms with van der Waals surface area (Å²) in [5.41, 5.74) is 6.60. The summed E-state index contributed by atoms with van der Waals surface area (Å²) in [5, 5.41) is 11.4. The lowest BCUT2D eigenvalue weighted by Crippen LogP contribution is -2.19. The third kappa shape index (κ3) is 2.63. The number of benzene rings is 1. The van der Waals surface area contributed by atoms with Gasteiger partial charge >= 0.3 is 0 Å². The monoisotopic (exact) mass is 297 g/mol. The van der Waals surface area contributed by atoms with Gasteiger partial charge < -0.3 is 15.2 Å². The summed E-state index contributed by atoms with van der Waals surface area (Å²) >= 11 is 0. The summed E-state index contributed by atoms with van der Waals surface area (Å²) in [7, 11) is 0. The van der Waals surface area contributed by atoms with Crippen molar-refractivity contribution in [3.63, 3.8) is 0 Å². The molecule has 0 unspecified atom stereocenters. The Kier molecular flexibility index (Phi) is 3.85. The third-order valence-electron chi connectivity index (χ3n) is 4.80. The van der Waals surface area contributed by atoms with Gasteiger partial charge in [-0.15, -0.1) is 0 Å². The van der Waals surface area contributed by atoms with Crippen LogP contribution in [0.2, 0.25) is 0 Å². The van der Waals surface area contributed by atoms with Crippen LogP contribution in [0, 0.1) is 0 Å². The van der Waals surface area contributed by atoms with Crippen LogP contribution in [-0.4, -0.2) is 11.7 Å². The van der Waals surface area contributed by atoms with E-state index in [1.165, 1.54) is 48.1 Å². The van der Waals surface area contributed by atoms with Gasteiger partial charge in [-0.25, -0.2) is 0 Å². The van der Waals surface area contributed by atoms with Crippen LogP contribution in [0.3, 0.4) is 0 Å². The van der Waals surface area contributed by atoms with Crippen LogP contribution in [0.1, 0.15) is 47.4 Å². The van der Waals surface area contributed by atoms with Crippen molar-refractivity contribution >= 4 is 5.69 Å². The standard InChI is InChI=1S/C18H23N3O/c1-2-9-17-15(8-1)16(21-22-17)12-19-11-14-6-3-5-13-7-4-10-20-18(13)14/h3,5-6,19-20H,1-2,4,7-12H2. The number of fused-ring (bicyclic) bond motifs is 2. The molecule has 4 nitrogen and oxygen atoms in total. The van der Waals surface area contributed by atoms with Crippen molar-refractivity contribution < 1.29 is 4.52 Å². The van der Waals surface area contributed by atoms with Crippen LogP contribution >= 0.6 is 0 Å². The SMILES string of the molecule is c1cc2c(c(CNCc3noc4c3CCCC4)c1)NCCC2. The zero-order valence-electron chi connectivity index (χ0n) is 13.0. The number of aryl methyl sites for hydroxylation is 2. The maximum absolute atomic E-state index is 5.48. The Labute approximate surface area is 131 Å². The van der Waals surface area contributed by atoms with E-state index in [2.05, 4.69) is 34.0 Å². The van der Waals surface area contributed by atoms with Crippen molar-refractivity contribution in [2.24, 2.45) is 0 Å². The fourth-order valence-electron chi connectivity index (χ4n) is 3.63. The van der Waals surface area contributed by atoms with Gasteiger partial charge in [0.2, 0.25) is 0 Å². The molecule has 1 aromatic carbocycles. The molecule has 2 heterocycles. The minimum Gasteiger partial charge on any atom is -0.385 e. The average Bonchev–Trinajstić information content (AvgIpc) is 2.99. The molecule has 0 atom stereocenters. The molecule has 4 heteroatoms. The van der Waals surface area contributed by atoms with Crippen molar-refractivity contribution in [2.75, 3.05) is 11.9 Å². The molecule has 0 radical (unpaired) electrons. The Hall–Kier alpha value is -1.81. The van der Waals surface area contributed by atoms with E-state index in [1.807, 2.05) is 0 Å². The summed E-state index contributed by atoms with van der Waals surface area (Å²) < 4.78 is 5.48. The number of aromatic nitrogens is 1. The molecule has 0 amide bonds. The minimum absolute atomic E-state index is 0.794. The number of anilines is 1. The first-order chi connectivity index (χ1) is 10.9. The highest BCUT2D eigenvalue weighted by atomic mass is 16.5. The van der Waals surface area contributed by atoms with Gasteiger partial charge in [-0.1, -0.05) is 23.4 Å². The van der Waals surface area contributed by atoms with Crippen molar-refractivity contribution in [3.8, 4) is 0 Å². The number of para-hydroxylation sites is 1. The maximum Gasteiger partial charge on any atom is 0.140 e. The van der Waals surface area contributed by atoms with E-state index in [-0.39, 0.29) is 0 Å². The summed E-state index contributed by atoms with van der Waals surface area (Å²) in [6.07, 6.45) is 7.09. The highest BCUT2D eigenvalue weighted by Crippen LogP contribution is 2.27. The van der Waals surface area contributed by atoms with Crippen LogP contribution in [0.4, 0.5) is 5.69 Å². The zero-order chi connectivity index (χ0) is 14.8. The molecule has 116 valence electrons. The van der Waals surface area contributed by atoms with Crippen molar-refractivity contribution in [2.45, 2.75) is 51.6 Å². The lowest BCUT2D eigenvalue weighted by atomic mass is 9.96. The molecule has 2 aromatic rings. The summed E-state index contributed by atoms with van der Waals surface area (Å²) in [6.45, 7) is 2.75. The number of nitrogens with zero attached hydrogens (tertiary/aromatic N) is 1. The fourth-order valence-corrected chi connectivity index (χ4v) is 3.63. The molecule has 0 bridgehead atoms. The van der Waals surface area contributed by atoms with Crippen molar-refractivity contribution in [1.82, 2.24) is 10.5 Å². The van der Waals surface area contributed by atoms with Gasteiger partial charge in [0.25, 0.3) is 0 Å². The second kappa shape index (κ2) is 6.13. The number of nitrogens with one attached hydrogen (secondary N) is 2. The average molecular weight is 297 g/mol. The second-order valence-corrected chi connectivity index (χ2v) is 6.32. The van der Waals surface area contributed by atoms with E-state index in [1.54, 1.807) is 0 Å². The number of hydrogen-bond donors (Lipinski definition) is 2. The molecule has 0 spiro atoms. The summed E-state index contributed by atoms with van der Waals surface area (Å²) in [6, 6.07) is 6.61. The third-order valence-corrected chi connectivity index (χ3v) is 4.80. The van der Waals surface area contributed by atoms with Gasteiger partial charge in [-0.3, -0.25) is 0 Å². The summed E-state index contributed by atoms with van der Waals surface area (Å²) in [5.74, 6) is 1.11. The first-order valence-corrected chi connectivity index (χ1v) is 8.43. The van der Waals surface area contributed by atoms with Gasteiger partial charge in [-0.05, 0) is 43.2 Å². The topological polar surface area (TPSA) is 50.1 Å². The molecule has 2 aliphatic rings. The molecular weight excluding hydrogens is 274 g/mol. The fraction of sp³-hybridized carbons (Fsp3) is 0.500. The van der Waals surface area contributed by atoms with Gasteiger partial charge in [0.15, 0.2) is 0 Å². The van der Waals surface area contributed by atoms with Crippen LogP contribution in [-0.2, 0) is 32.4 Å². The molecule has 0 saturated carbocycles. The zero-order valence-corrected chi connectivity index (χ0v) is 13.0. The summed E-state index contributed by atoms with van der Waals surface area (Å²) in [4.78, 5) is 0. The molecule has 22 heavy (non-hydrogen) atoms. The lowest BCUT2D eigenvalue weighted by Gasteiger charge is -2.21. The number of rotatable bonds is 4. The Morgan fingerprint density at radius 1 is 1.09 bits per heavy atom. The van der Waals surface area contributed by atoms with Crippen LogP contribution < -0.4 is 10.6 Å². The minimum atomic E-state index is 0.794. The first-order valence-electron chi connectivity index (χ1n) is 8.43. The van der Waals surface area contributed by atoms with Crippen LogP contribution in [0.5, 0.6) is 0 Å². The van der Waals surface area contributed by atoms with Crippen molar-refractivity contribution in [3.05, 3.63) is 46.3 Å². The maximum atomic E-state index is 5.48.